The second kappa shape index (κ2) is 12.1. The van der Waals surface area contributed by atoms with Crippen LogP contribution in [0.3, 0.4) is 0 Å². The topological polar surface area (TPSA) is 46.8 Å². The molecule has 0 unspecified atom stereocenters. The van der Waals surface area contributed by atoms with E-state index in [0.717, 1.165) is 49.8 Å². The van der Waals surface area contributed by atoms with Crippen LogP contribution in [0.25, 0.3) is 76.9 Å². The molecule has 0 aliphatic rings. The molecule has 3 heterocycles. The number of para-hydroxylation sites is 1. The summed E-state index contributed by atoms with van der Waals surface area (Å²) in [5.41, 5.74) is 13.1. The second-order valence-corrected chi connectivity index (χ2v) is 20.3. The summed E-state index contributed by atoms with van der Waals surface area (Å²) in [6.45, 7) is 27.3. The van der Waals surface area contributed by atoms with Crippen LogP contribution in [0.15, 0.2) is 108 Å². The van der Waals surface area contributed by atoms with Crippen molar-refractivity contribution < 1.29 is 4.42 Å². The minimum Gasteiger partial charge on any atom is -0.456 e. The van der Waals surface area contributed by atoms with Crippen LogP contribution < -0.4 is 0 Å². The zero-order valence-corrected chi connectivity index (χ0v) is 35.6. The van der Waals surface area contributed by atoms with Crippen LogP contribution in [0.1, 0.15) is 111 Å². The third-order valence-electron chi connectivity index (χ3n) is 12.2. The molecule has 0 atom stereocenters. The summed E-state index contributed by atoms with van der Waals surface area (Å²) in [6.07, 6.45) is 0. The fourth-order valence-electron chi connectivity index (χ4n) is 8.78. The van der Waals surface area contributed by atoms with E-state index in [1.54, 1.807) is 0 Å². The first-order valence-corrected chi connectivity index (χ1v) is 20.3. The molecule has 0 aliphatic carbocycles. The van der Waals surface area contributed by atoms with Gasteiger partial charge >= 0.3 is 0 Å². The van der Waals surface area contributed by atoms with E-state index in [9.17, 15) is 5.26 Å². The predicted molar refractivity (Wildman–Crippen MR) is 242 cm³/mol. The number of benzene rings is 6. The van der Waals surface area contributed by atoms with E-state index in [1.807, 2.05) is 18.2 Å². The number of nitrogens with zero attached hydrogens (tertiary/aromatic N) is 3. The summed E-state index contributed by atoms with van der Waals surface area (Å²) >= 11 is 0. The molecule has 0 spiro atoms. The summed E-state index contributed by atoms with van der Waals surface area (Å²) < 4.78 is 11.4. The molecule has 4 nitrogen and oxygen atoms in total. The van der Waals surface area contributed by atoms with Crippen LogP contribution in [0, 0.1) is 11.3 Å². The molecule has 4 heteroatoms. The van der Waals surface area contributed by atoms with E-state index in [0.29, 0.717) is 11.1 Å². The van der Waals surface area contributed by atoms with Crippen molar-refractivity contribution in [3.05, 3.63) is 131 Å². The zero-order valence-electron chi connectivity index (χ0n) is 35.6. The lowest BCUT2D eigenvalue weighted by atomic mass is 9.85. The molecule has 0 saturated heterocycles. The summed E-state index contributed by atoms with van der Waals surface area (Å²) in [7, 11) is 0. The Morgan fingerprint density at radius 3 is 1.21 bits per heavy atom. The van der Waals surface area contributed by atoms with Crippen LogP contribution in [-0.4, -0.2) is 9.13 Å². The lowest BCUT2D eigenvalue weighted by Gasteiger charge is -2.21. The Morgan fingerprint density at radius 2 is 0.825 bits per heavy atom. The van der Waals surface area contributed by atoms with E-state index in [-0.39, 0.29) is 21.7 Å². The monoisotopic (exact) mass is 747 g/mol. The predicted octanol–water partition coefficient (Wildman–Crippen LogP) is 14.8. The van der Waals surface area contributed by atoms with Crippen molar-refractivity contribution >= 4 is 65.6 Å². The maximum absolute atomic E-state index is 11.5. The minimum absolute atomic E-state index is 0.0304. The first-order valence-electron chi connectivity index (χ1n) is 20.3. The molecule has 3 aromatic heterocycles. The number of hydrogen-bond donors (Lipinski definition) is 0. The molecule has 0 bridgehead atoms. The standard InChI is InChI=1S/C53H53N3O/c1-50(2,3)31-17-21-41-36(25-31)37-26-32(51(4,5)6)18-22-42(37)55(41)45-29-47-48(35-15-13-14-16-46(35)57-47)40(30-54)49(45)56-43-23-19-33(52(7,8)9)27-38(43)39-28-34(53(10,11)12)20-24-44(39)56/h13-29H,1-12H3. The van der Waals surface area contributed by atoms with Crippen molar-refractivity contribution in [3.8, 4) is 17.4 Å². The van der Waals surface area contributed by atoms with Gasteiger partial charge in [0.1, 0.15) is 17.2 Å². The van der Waals surface area contributed by atoms with Gasteiger partial charge in [-0.15, -0.1) is 0 Å². The fraction of sp³-hybridized carbons (Fsp3) is 0.302. The average molecular weight is 748 g/mol. The van der Waals surface area contributed by atoms with Gasteiger partial charge in [-0.2, -0.15) is 5.26 Å². The van der Waals surface area contributed by atoms with Gasteiger partial charge in [-0.3, -0.25) is 0 Å². The summed E-state index contributed by atoms with van der Waals surface area (Å²) in [6, 6.07) is 40.8. The van der Waals surface area contributed by atoms with Gasteiger partial charge in [0, 0.05) is 38.4 Å². The van der Waals surface area contributed by atoms with Crippen LogP contribution >= 0.6 is 0 Å². The maximum atomic E-state index is 11.5. The lowest BCUT2D eigenvalue weighted by Crippen LogP contribution is -2.11. The first kappa shape index (κ1) is 36.8. The Kier molecular flexibility index (Phi) is 7.82. The van der Waals surface area contributed by atoms with Crippen LogP contribution in [0.4, 0.5) is 0 Å². The van der Waals surface area contributed by atoms with Gasteiger partial charge in [0.25, 0.3) is 0 Å². The third kappa shape index (κ3) is 5.69. The largest absolute Gasteiger partial charge is 0.456 e. The lowest BCUT2D eigenvalue weighted by molar-refractivity contribution is 0.590. The number of nitriles is 1. The van der Waals surface area contributed by atoms with Crippen molar-refractivity contribution in [2.45, 2.75) is 105 Å². The Hall–Kier alpha value is -5.79. The van der Waals surface area contributed by atoms with E-state index in [1.165, 1.54) is 43.8 Å². The van der Waals surface area contributed by atoms with Gasteiger partial charge in [-0.05, 0) is 98.5 Å². The molecule has 9 aromatic rings. The second-order valence-electron chi connectivity index (χ2n) is 20.3. The molecule has 57 heavy (non-hydrogen) atoms. The van der Waals surface area contributed by atoms with Crippen molar-refractivity contribution in [2.75, 3.05) is 0 Å². The van der Waals surface area contributed by atoms with Gasteiger partial charge in [-0.1, -0.05) is 126 Å². The molecule has 6 aromatic carbocycles. The average Bonchev–Trinajstić information content (AvgIpc) is 3.79. The molecule has 0 aliphatic heterocycles. The fourth-order valence-corrected chi connectivity index (χ4v) is 8.78. The number of hydrogen-bond acceptors (Lipinski definition) is 2. The molecule has 0 amide bonds. The smallest absolute Gasteiger partial charge is 0.139 e. The normalized spacial score (nSPS) is 13.2. The van der Waals surface area contributed by atoms with E-state index in [2.05, 4.69) is 183 Å². The van der Waals surface area contributed by atoms with Gasteiger partial charge in [0.15, 0.2) is 0 Å². The van der Waals surface area contributed by atoms with Crippen LogP contribution in [0.5, 0.6) is 0 Å². The van der Waals surface area contributed by atoms with E-state index in [4.69, 9.17) is 4.42 Å². The van der Waals surface area contributed by atoms with Crippen molar-refractivity contribution in [3.63, 3.8) is 0 Å². The number of rotatable bonds is 2. The Labute approximate surface area is 336 Å². The van der Waals surface area contributed by atoms with Crippen molar-refractivity contribution in [2.24, 2.45) is 0 Å². The van der Waals surface area contributed by atoms with Gasteiger partial charge in [-0.25, -0.2) is 0 Å². The number of furan rings is 1. The van der Waals surface area contributed by atoms with E-state index < -0.39 is 0 Å². The molecular formula is C53H53N3O. The minimum atomic E-state index is -0.0391. The zero-order chi connectivity index (χ0) is 40.6. The molecular weight excluding hydrogens is 695 g/mol. The summed E-state index contributed by atoms with van der Waals surface area (Å²) in [5.74, 6) is 0. The Bertz CT molecular complexity index is 3020. The van der Waals surface area contributed by atoms with Gasteiger partial charge in [0.05, 0.1) is 39.0 Å². The summed E-state index contributed by atoms with van der Waals surface area (Å²) in [4.78, 5) is 0. The SMILES string of the molecule is CC(C)(C)c1ccc2c(c1)c1cc(C(C)(C)C)ccc1n2-c1cc2oc3ccccc3c2c(C#N)c1-n1c2ccc(C(C)(C)C)cc2c2cc(C(C)(C)C)ccc21. The molecule has 0 radical (unpaired) electrons. The van der Waals surface area contributed by atoms with E-state index >= 15 is 0 Å². The van der Waals surface area contributed by atoms with Gasteiger partial charge < -0.3 is 13.6 Å². The van der Waals surface area contributed by atoms with Crippen molar-refractivity contribution in [1.29, 1.82) is 5.26 Å². The maximum Gasteiger partial charge on any atom is 0.139 e. The molecule has 0 fully saturated rings. The molecule has 9 rings (SSSR count). The highest BCUT2D eigenvalue weighted by atomic mass is 16.3. The number of fused-ring (bicyclic) bond motifs is 9. The van der Waals surface area contributed by atoms with Gasteiger partial charge in [0.2, 0.25) is 0 Å². The highest BCUT2D eigenvalue weighted by Crippen LogP contribution is 2.46. The Morgan fingerprint density at radius 1 is 0.439 bits per heavy atom. The third-order valence-corrected chi connectivity index (χ3v) is 12.2. The molecule has 0 saturated carbocycles. The van der Waals surface area contributed by atoms with Crippen LogP contribution in [-0.2, 0) is 21.7 Å². The number of aromatic nitrogens is 2. The Balaban J connectivity index is 1.52. The van der Waals surface area contributed by atoms with Crippen molar-refractivity contribution in [1.82, 2.24) is 9.13 Å². The quantitative estimate of drug-likeness (QED) is 0.177. The first-order chi connectivity index (χ1) is 26.8. The van der Waals surface area contributed by atoms with Crippen LogP contribution in [0.2, 0.25) is 0 Å². The molecule has 0 N–H and O–H groups in total. The molecule has 286 valence electrons. The highest BCUT2D eigenvalue weighted by Gasteiger charge is 2.29. The summed E-state index contributed by atoms with van der Waals surface area (Å²) in [5, 5.41) is 18.1. The highest BCUT2D eigenvalue weighted by molar-refractivity contribution is 6.16.